The van der Waals surface area contributed by atoms with Crippen LogP contribution in [-0.2, 0) is 16.0 Å². The standard InChI is InChI=1S/C20H19N3O3/c24-18(21-16-11-5-7-13-6-1-2-8-14(13)16)12-26-20(25)19-15-9-3-4-10-17(15)22-23-19/h1-4,6,8-10,16H,5,7,11-12H2,(H,21,24)(H,22,23)/t16-/m1/s1. The predicted octanol–water partition coefficient (Wildman–Crippen LogP) is 2.91. The van der Waals surface area contributed by atoms with Crippen molar-refractivity contribution in [1.29, 1.82) is 0 Å². The molecule has 0 saturated carbocycles. The number of aromatic amines is 1. The van der Waals surface area contributed by atoms with Crippen LogP contribution in [0.1, 0.15) is 40.5 Å². The summed E-state index contributed by atoms with van der Waals surface area (Å²) in [7, 11) is 0. The minimum Gasteiger partial charge on any atom is -0.451 e. The molecule has 1 aromatic heterocycles. The summed E-state index contributed by atoms with van der Waals surface area (Å²) >= 11 is 0. The van der Waals surface area contributed by atoms with Crippen LogP contribution in [0, 0.1) is 0 Å². The molecule has 1 aliphatic rings. The molecule has 1 amide bonds. The molecule has 26 heavy (non-hydrogen) atoms. The second-order valence-electron chi connectivity index (χ2n) is 6.41. The third kappa shape index (κ3) is 3.18. The second kappa shape index (κ2) is 7.00. The van der Waals surface area contributed by atoms with Gasteiger partial charge in [-0.15, -0.1) is 0 Å². The summed E-state index contributed by atoms with van der Waals surface area (Å²) in [4.78, 5) is 24.5. The van der Waals surface area contributed by atoms with E-state index in [9.17, 15) is 9.59 Å². The van der Waals surface area contributed by atoms with Crippen molar-refractivity contribution >= 4 is 22.8 Å². The molecule has 0 bridgehead atoms. The summed E-state index contributed by atoms with van der Waals surface area (Å²) in [5.41, 5.74) is 3.36. The monoisotopic (exact) mass is 349 g/mol. The van der Waals surface area contributed by atoms with E-state index < -0.39 is 5.97 Å². The summed E-state index contributed by atoms with van der Waals surface area (Å²) in [5, 5.41) is 10.4. The van der Waals surface area contributed by atoms with Crippen molar-refractivity contribution in [2.75, 3.05) is 6.61 Å². The minimum atomic E-state index is -0.610. The highest BCUT2D eigenvalue weighted by Gasteiger charge is 2.22. The molecule has 0 fully saturated rings. The fourth-order valence-electron chi connectivity index (χ4n) is 3.46. The highest BCUT2D eigenvalue weighted by Crippen LogP contribution is 2.29. The molecule has 1 aliphatic carbocycles. The van der Waals surface area contributed by atoms with E-state index >= 15 is 0 Å². The molecule has 2 aromatic carbocycles. The molecule has 1 heterocycles. The van der Waals surface area contributed by atoms with Crippen LogP contribution >= 0.6 is 0 Å². The van der Waals surface area contributed by atoms with Gasteiger partial charge in [-0.25, -0.2) is 4.79 Å². The van der Waals surface area contributed by atoms with Gasteiger partial charge in [0, 0.05) is 5.39 Å². The number of nitrogens with zero attached hydrogens (tertiary/aromatic N) is 1. The zero-order valence-corrected chi connectivity index (χ0v) is 14.2. The first kappa shape index (κ1) is 16.3. The first-order valence-electron chi connectivity index (χ1n) is 8.70. The molecule has 0 radical (unpaired) electrons. The highest BCUT2D eigenvalue weighted by atomic mass is 16.5. The van der Waals surface area contributed by atoms with Crippen LogP contribution in [0.5, 0.6) is 0 Å². The third-order valence-electron chi connectivity index (χ3n) is 4.70. The Kier molecular flexibility index (Phi) is 4.39. The van der Waals surface area contributed by atoms with Gasteiger partial charge in [-0.05, 0) is 36.5 Å². The molecule has 1 atom stereocenters. The summed E-state index contributed by atoms with van der Waals surface area (Å²) in [5.74, 6) is -0.915. The van der Waals surface area contributed by atoms with Crippen LogP contribution < -0.4 is 5.32 Å². The fraction of sp³-hybridized carbons (Fsp3) is 0.250. The third-order valence-corrected chi connectivity index (χ3v) is 4.70. The molecular formula is C20H19N3O3. The number of carbonyl (C=O) groups excluding carboxylic acids is 2. The van der Waals surface area contributed by atoms with E-state index in [0.717, 1.165) is 30.3 Å². The van der Waals surface area contributed by atoms with Crippen molar-refractivity contribution in [2.24, 2.45) is 0 Å². The molecule has 0 saturated heterocycles. The normalized spacial score (nSPS) is 16.1. The molecule has 0 aliphatic heterocycles. The first-order chi connectivity index (χ1) is 12.7. The van der Waals surface area contributed by atoms with Gasteiger partial charge in [0.1, 0.15) is 0 Å². The Hall–Kier alpha value is -3.15. The van der Waals surface area contributed by atoms with Crippen LogP contribution in [-0.4, -0.2) is 28.7 Å². The lowest BCUT2D eigenvalue weighted by Crippen LogP contribution is -2.34. The van der Waals surface area contributed by atoms with Crippen molar-refractivity contribution in [3.05, 3.63) is 65.4 Å². The first-order valence-corrected chi connectivity index (χ1v) is 8.70. The number of hydrogen-bond donors (Lipinski definition) is 2. The predicted molar refractivity (Wildman–Crippen MR) is 96.6 cm³/mol. The van der Waals surface area contributed by atoms with Crippen molar-refractivity contribution in [1.82, 2.24) is 15.5 Å². The molecular weight excluding hydrogens is 330 g/mol. The molecule has 6 heteroatoms. The maximum absolute atomic E-state index is 12.2. The zero-order chi connectivity index (χ0) is 17.9. The fourth-order valence-corrected chi connectivity index (χ4v) is 3.46. The van der Waals surface area contributed by atoms with Crippen molar-refractivity contribution in [3.8, 4) is 0 Å². The lowest BCUT2D eigenvalue weighted by molar-refractivity contribution is -0.125. The van der Waals surface area contributed by atoms with Gasteiger partial charge in [-0.2, -0.15) is 5.10 Å². The van der Waals surface area contributed by atoms with Crippen LogP contribution in [0.3, 0.4) is 0 Å². The van der Waals surface area contributed by atoms with Crippen LogP contribution in [0.4, 0.5) is 0 Å². The number of hydrogen-bond acceptors (Lipinski definition) is 4. The van der Waals surface area contributed by atoms with Crippen molar-refractivity contribution < 1.29 is 14.3 Å². The Labute approximate surface area is 150 Å². The number of amides is 1. The summed E-state index contributed by atoms with van der Waals surface area (Å²) < 4.78 is 5.15. The smallest absolute Gasteiger partial charge is 0.359 e. The molecule has 3 aromatic rings. The van der Waals surface area contributed by atoms with Gasteiger partial charge in [0.2, 0.25) is 0 Å². The largest absolute Gasteiger partial charge is 0.451 e. The quantitative estimate of drug-likeness (QED) is 0.709. The van der Waals surface area contributed by atoms with Crippen molar-refractivity contribution in [3.63, 3.8) is 0 Å². The summed E-state index contributed by atoms with van der Waals surface area (Å²) in [6.07, 6.45) is 2.95. The number of rotatable bonds is 4. The van der Waals surface area contributed by atoms with Crippen molar-refractivity contribution in [2.45, 2.75) is 25.3 Å². The topological polar surface area (TPSA) is 84.1 Å². The maximum atomic E-state index is 12.2. The van der Waals surface area contributed by atoms with E-state index in [1.165, 1.54) is 5.56 Å². The van der Waals surface area contributed by atoms with Gasteiger partial charge in [0.25, 0.3) is 5.91 Å². The number of fused-ring (bicyclic) bond motifs is 2. The summed E-state index contributed by atoms with van der Waals surface area (Å²) in [6.45, 7) is -0.321. The number of carbonyl (C=O) groups is 2. The Morgan fingerprint density at radius 2 is 1.96 bits per heavy atom. The van der Waals surface area contributed by atoms with E-state index in [4.69, 9.17) is 4.74 Å². The number of H-pyrrole nitrogens is 1. The summed E-state index contributed by atoms with van der Waals surface area (Å²) in [6, 6.07) is 15.4. The molecule has 4 rings (SSSR count). The van der Waals surface area contributed by atoms with E-state index in [-0.39, 0.29) is 24.2 Å². The Balaban J connectivity index is 1.38. The van der Waals surface area contributed by atoms with Gasteiger partial charge < -0.3 is 10.1 Å². The van der Waals surface area contributed by atoms with E-state index in [2.05, 4.69) is 21.6 Å². The van der Waals surface area contributed by atoms with Gasteiger partial charge in [0.05, 0.1) is 11.6 Å². The molecule has 0 unspecified atom stereocenters. The number of nitrogens with one attached hydrogen (secondary N) is 2. The van der Waals surface area contributed by atoms with Gasteiger partial charge in [-0.3, -0.25) is 9.89 Å². The molecule has 6 nitrogen and oxygen atoms in total. The number of benzene rings is 2. The number of ether oxygens (including phenoxy) is 1. The minimum absolute atomic E-state index is 0.0302. The lowest BCUT2D eigenvalue weighted by Gasteiger charge is -2.26. The average Bonchev–Trinajstić information content (AvgIpc) is 3.11. The second-order valence-corrected chi connectivity index (χ2v) is 6.41. The lowest BCUT2D eigenvalue weighted by atomic mass is 9.88. The zero-order valence-electron chi connectivity index (χ0n) is 14.2. The van der Waals surface area contributed by atoms with Crippen LogP contribution in [0.15, 0.2) is 48.5 Å². The highest BCUT2D eigenvalue weighted by molar-refractivity contribution is 6.02. The Morgan fingerprint density at radius 1 is 1.15 bits per heavy atom. The maximum Gasteiger partial charge on any atom is 0.359 e. The number of aromatic nitrogens is 2. The van der Waals surface area contributed by atoms with Gasteiger partial charge in [0.15, 0.2) is 12.3 Å². The van der Waals surface area contributed by atoms with E-state index in [1.807, 2.05) is 36.4 Å². The SMILES string of the molecule is O=C(COC(=O)c1n[nH]c2ccccc12)N[C@@H]1CCCc2ccccc21. The Morgan fingerprint density at radius 3 is 2.88 bits per heavy atom. The number of aryl methyl sites for hydroxylation is 1. The van der Waals surface area contributed by atoms with Gasteiger partial charge >= 0.3 is 5.97 Å². The van der Waals surface area contributed by atoms with Crippen LogP contribution in [0.25, 0.3) is 10.9 Å². The number of esters is 1. The van der Waals surface area contributed by atoms with E-state index in [1.54, 1.807) is 6.07 Å². The Bertz CT molecular complexity index is 964. The molecule has 0 spiro atoms. The number of para-hydroxylation sites is 1. The van der Waals surface area contributed by atoms with Gasteiger partial charge in [-0.1, -0.05) is 42.5 Å². The van der Waals surface area contributed by atoms with E-state index in [0.29, 0.717) is 5.39 Å². The van der Waals surface area contributed by atoms with Crippen LogP contribution in [0.2, 0.25) is 0 Å². The molecule has 2 N–H and O–H groups in total. The average molecular weight is 349 g/mol. The molecule has 132 valence electrons.